The van der Waals surface area contributed by atoms with Gasteiger partial charge in [0.1, 0.15) is 0 Å². The molecule has 5 nitrogen and oxygen atoms in total. The molecule has 188 valence electrons. The van der Waals surface area contributed by atoms with Crippen molar-refractivity contribution in [2.75, 3.05) is 0 Å². The van der Waals surface area contributed by atoms with Crippen molar-refractivity contribution in [2.24, 2.45) is 0 Å². The number of benzene rings is 4. The molecule has 0 fully saturated rings. The Balaban J connectivity index is 1.35. The van der Waals surface area contributed by atoms with Crippen LogP contribution in [0.25, 0.3) is 51.0 Å². The highest BCUT2D eigenvalue weighted by atomic mass is 19.3. The maximum Gasteiger partial charge on any atom is 0.299 e. The third-order valence-electron chi connectivity index (χ3n) is 6.92. The van der Waals surface area contributed by atoms with Crippen molar-refractivity contribution in [1.82, 2.24) is 25.8 Å². The number of nitrogens with zero attached hydrogens (tertiary/aromatic N) is 3. The van der Waals surface area contributed by atoms with Crippen molar-refractivity contribution >= 4 is 5.70 Å². The third-order valence-corrected chi connectivity index (χ3v) is 6.92. The smallest absolute Gasteiger partial charge is 0.299 e. The van der Waals surface area contributed by atoms with E-state index in [4.69, 9.17) is 15.0 Å². The van der Waals surface area contributed by atoms with Crippen LogP contribution in [0, 0.1) is 0 Å². The molecule has 1 aliphatic heterocycles. The minimum Gasteiger partial charge on any atom is -0.308 e. The molecule has 0 saturated heterocycles. The zero-order valence-corrected chi connectivity index (χ0v) is 20.6. The number of halogens is 2. The van der Waals surface area contributed by atoms with Gasteiger partial charge in [0.05, 0.1) is 5.70 Å². The van der Waals surface area contributed by atoms with Gasteiger partial charge in [-0.2, -0.15) is 8.78 Å². The molecule has 5 aromatic rings. The summed E-state index contributed by atoms with van der Waals surface area (Å²) in [7, 11) is 0. The lowest BCUT2D eigenvalue weighted by Gasteiger charge is -2.17. The van der Waals surface area contributed by atoms with Crippen molar-refractivity contribution in [3.05, 3.63) is 132 Å². The summed E-state index contributed by atoms with van der Waals surface area (Å²) in [5, 5.41) is 0. The van der Waals surface area contributed by atoms with Gasteiger partial charge in [-0.3, -0.25) is 0 Å². The van der Waals surface area contributed by atoms with Crippen molar-refractivity contribution in [2.45, 2.75) is 5.92 Å². The van der Waals surface area contributed by atoms with Crippen molar-refractivity contribution < 1.29 is 8.78 Å². The maximum atomic E-state index is 15.9. The standard InChI is InChI=1S/C32H21F2N5/c33-32(34)26-18-22(28-12-7-17-35-39-28)13-15-24(26)25-16-14-23(19-27(25)32)31-37-29(20-8-3-1-4-9-20)36-30(38-31)21-10-5-2-6-11-21/h1-19,35,39H. The zero-order chi connectivity index (χ0) is 26.4. The molecule has 2 heterocycles. The fraction of sp³-hybridized carbons (Fsp3) is 0.0312. The van der Waals surface area contributed by atoms with Crippen LogP contribution in [-0.4, -0.2) is 15.0 Å². The van der Waals surface area contributed by atoms with E-state index >= 15 is 8.78 Å². The van der Waals surface area contributed by atoms with E-state index in [1.807, 2.05) is 78.9 Å². The second kappa shape index (κ2) is 8.99. The van der Waals surface area contributed by atoms with Gasteiger partial charge in [0.25, 0.3) is 5.92 Å². The summed E-state index contributed by atoms with van der Waals surface area (Å²) in [4.78, 5) is 14.1. The molecule has 0 amide bonds. The third kappa shape index (κ3) is 3.95. The Labute approximate surface area is 223 Å². The molecular weight excluding hydrogens is 492 g/mol. The van der Waals surface area contributed by atoms with E-state index in [0.717, 1.165) is 16.8 Å². The number of hydrogen-bond acceptors (Lipinski definition) is 5. The number of allylic oxidation sites excluding steroid dienone is 2. The average Bonchev–Trinajstić information content (AvgIpc) is 3.23. The fourth-order valence-corrected chi connectivity index (χ4v) is 4.99. The molecule has 0 saturated carbocycles. The van der Waals surface area contributed by atoms with Gasteiger partial charge in [0, 0.05) is 34.0 Å². The van der Waals surface area contributed by atoms with Gasteiger partial charge in [-0.15, -0.1) is 0 Å². The van der Waals surface area contributed by atoms with Crippen molar-refractivity contribution in [1.29, 1.82) is 0 Å². The average molecular weight is 514 g/mol. The predicted octanol–water partition coefficient (Wildman–Crippen LogP) is 6.96. The summed E-state index contributed by atoms with van der Waals surface area (Å²) in [6.07, 6.45) is 5.39. The van der Waals surface area contributed by atoms with Crippen LogP contribution in [0.2, 0.25) is 0 Å². The van der Waals surface area contributed by atoms with E-state index in [9.17, 15) is 0 Å². The predicted molar refractivity (Wildman–Crippen MR) is 148 cm³/mol. The Morgan fingerprint density at radius 1 is 0.564 bits per heavy atom. The Morgan fingerprint density at radius 3 is 1.62 bits per heavy atom. The van der Waals surface area contributed by atoms with Gasteiger partial charge < -0.3 is 10.9 Å². The number of hydrogen-bond donors (Lipinski definition) is 2. The lowest BCUT2D eigenvalue weighted by molar-refractivity contribution is 0.0480. The molecule has 0 unspecified atom stereocenters. The molecule has 39 heavy (non-hydrogen) atoms. The summed E-state index contributed by atoms with van der Waals surface area (Å²) >= 11 is 0. The molecule has 2 N–H and O–H groups in total. The van der Waals surface area contributed by atoms with Gasteiger partial charge in [0.2, 0.25) is 0 Å². The summed E-state index contributed by atoms with van der Waals surface area (Å²) < 4.78 is 31.9. The van der Waals surface area contributed by atoms with Crippen LogP contribution in [-0.2, 0) is 5.92 Å². The van der Waals surface area contributed by atoms with Crippen LogP contribution in [0.5, 0.6) is 0 Å². The highest BCUT2D eigenvalue weighted by Crippen LogP contribution is 2.52. The van der Waals surface area contributed by atoms with E-state index in [-0.39, 0.29) is 11.1 Å². The highest BCUT2D eigenvalue weighted by molar-refractivity contribution is 5.84. The van der Waals surface area contributed by atoms with Crippen molar-refractivity contribution in [3.63, 3.8) is 0 Å². The fourth-order valence-electron chi connectivity index (χ4n) is 4.99. The van der Waals surface area contributed by atoms with Crippen LogP contribution in [0.15, 0.2) is 115 Å². The SMILES string of the molecule is FC1(F)c2cc(C3=CC=CNN3)ccc2-c2ccc(-c3nc(-c4ccccc4)nc(-c4ccccc4)n3)cc21. The number of hydrazine groups is 1. The van der Waals surface area contributed by atoms with Gasteiger partial charge in [-0.05, 0) is 41.0 Å². The molecule has 0 bridgehead atoms. The first kappa shape index (κ1) is 23.0. The summed E-state index contributed by atoms with van der Waals surface area (Å²) in [5.41, 5.74) is 10.4. The molecule has 1 aromatic heterocycles. The number of alkyl halides is 2. The lowest BCUT2D eigenvalue weighted by atomic mass is 10.0. The second-order valence-corrected chi connectivity index (χ2v) is 9.34. The molecule has 7 rings (SSSR count). The van der Waals surface area contributed by atoms with E-state index in [0.29, 0.717) is 39.7 Å². The monoisotopic (exact) mass is 513 g/mol. The molecule has 0 atom stereocenters. The van der Waals surface area contributed by atoms with Gasteiger partial charge in [-0.25, -0.2) is 15.0 Å². The topological polar surface area (TPSA) is 62.7 Å². The van der Waals surface area contributed by atoms with Crippen molar-refractivity contribution in [3.8, 4) is 45.3 Å². The number of aromatic nitrogens is 3. The van der Waals surface area contributed by atoms with Gasteiger partial charge in [0.15, 0.2) is 17.5 Å². The number of rotatable bonds is 4. The van der Waals surface area contributed by atoms with E-state index < -0.39 is 5.92 Å². The summed E-state index contributed by atoms with van der Waals surface area (Å²) in [6.45, 7) is 0. The first-order valence-corrected chi connectivity index (χ1v) is 12.5. The van der Waals surface area contributed by atoms with E-state index in [2.05, 4.69) is 10.9 Å². The number of nitrogens with one attached hydrogen (secondary N) is 2. The van der Waals surface area contributed by atoms with Gasteiger partial charge in [-0.1, -0.05) is 84.9 Å². The lowest BCUT2D eigenvalue weighted by Crippen LogP contribution is -2.27. The quantitative estimate of drug-likeness (QED) is 0.272. The molecule has 0 radical (unpaired) electrons. The van der Waals surface area contributed by atoms with Crippen LogP contribution in [0.4, 0.5) is 8.78 Å². The van der Waals surface area contributed by atoms with Crippen LogP contribution < -0.4 is 10.9 Å². The van der Waals surface area contributed by atoms with E-state index in [1.165, 1.54) is 6.07 Å². The molecule has 4 aromatic carbocycles. The highest BCUT2D eigenvalue weighted by Gasteiger charge is 2.44. The molecule has 7 heteroatoms. The van der Waals surface area contributed by atoms with Crippen LogP contribution >= 0.6 is 0 Å². The molecular formula is C32H21F2N5. The molecule has 2 aliphatic rings. The summed E-state index contributed by atoms with van der Waals surface area (Å²) in [6, 6.07) is 29.4. The normalized spacial score (nSPS) is 14.6. The first-order chi connectivity index (χ1) is 19.1. The minimum absolute atomic E-state index is 0.0185. The summed E-state index contributed by atoms with van der Waals surface area (Å²) in [5.74, 6) is -1.87. The minimum atomic E-state index is -3.17. The molecule has 1 aliphatic carbocycles. The zero-order valence-electron chi connectivity index (χ0n) is 20.6. The maximum absolute atomic E-state index is 15.9. The van der Waals surface area contributed by atoms with Gasteiger partial charge >= 0.3 is 0 Å². The van der Waals surface area contributed by atoms with E-state index in [1.54, 1.807) is 30.5 Å². The Morgan fingerprint density at radius 2 is 1.08 bits per heavy atom. The van der Waals surface area contributed by atoms with Crippen LogP contribution in [0.3, 0.4) is 0 Å². The first-order valence-electron chi connectivity index (χ1n) is 12.5. The Bertz CT molecular complexity index is 1720. The Kier molecular flexibility index (Phi) is 5.30. The molecule has 0 spiro atoms. The second-order valence-electron chi connectivity index (χ2n) is 9.34. The Hall–Kier alpha value is -5.17. The largest absolute Gasteiger partial charge is 0.308 e. The van der Waals surface area contributed by atoms with Crippen LogP contribution in [0.1, 0.15) is 16.7 Å². The number of fused-ring (bicyclic) bond motifs is 3.